The van der Waals surface area contributed by atoms with Crippen LogP contribution in [0, 0.1) is 12.7 Å². The monoisotopic (exact) mass is 396 g/mol. The molecule has 1 aliphatic heterocycles. The van der Waals surface area contributed by atoms with Crippen molar-refractivity contribution in [3.8, 4) is 0 Å². The van der Waals surface area contributed by atoms with Gasteiger partial charge < -0.3 is 0 Å². The zero-order valence-electron chi connectivity index (χ0n) is 16.9. The van der Waals surface area contributed by atoms with Gasteiger partial charge in [-0.25, -0.2) is 4.39 Å². The van der Waals surface area contributed by atoms with E-state index in [4.69, 9.17) is 4.99 Å². The van der Waals surface area contributed by atoms with Gasteiger partial charge >= 0.3 is 0 Å². The van der Waals surface area contributed by atoms with Gasteiger partial charge in [0.25, 0.3) is 0 Å². The van der Waals surface area contributed by atoms with E-state index >= 15 is 0 Å². The van der Waals surface area contributed by atoms with E-state index in [-0.39, 0.29) is 17.5 Å². The first-order valence-corrected chi connectivity index (χ1v) is 10.1. The summed E-state index contributed by atoms with van der Waals surface area (Å²) in [4.78, 5) is 21.9. The number of allylic oxidation sites excluding steroid dienone is 1. The molecule has 0 amide bonds. The van der Waals surface area contributed by atoms with Crippen molar-refractivity contribution in [1.82, 2.24) is 4.98 Å². The van der Waals surface area contributed by atoms with E-state index in [2.05, 4.69) is 23.2 Å². The third-order valence-corrected chi connectivity index (χ3v) is 6.02. The molecular weight excluding hydrogens is 375 g/mol. The molecule has 1 aromatic heterocycles. The SMILES string of the molecule is Cc1cc(C2=NCc3cc4c(cc32)C=C(C(C)c2ccc(F)cc2)C(=O)C4)ccn1. The number of fused-ring (bicyclic) bond motifs is 2. The number of ketones is 1. The quantitative estimate of drug-likeness (QED) is 0.611. The zero-order valence-corrected chi connectivity index (χ0v) is 16.9. The molecule has 0 saturated carbocycles. The minimum atomic E-state index is -0.269. The van der Waals surface area contributed by atoms with Gasteiger partial charge in [0, 0.05) is 40.9 Å². The number of carbonyl (C=O) groups is 1. The van der Waals surface area contributed by atoms with Crippen LogP contribution < -0.4 is 0 Å². The molecular formula is C26H21FN2O. The first kappa shape index (κ1) is 18.6. The van der Waals surface area contributed by atoms with Crippen LogP contribution in [0.2, 0.25) is 0 Å². The number of aryl methyl sites for hydroxylation is 1. The maximum Gasteiger partial charge on any atom is 0.163 e. The van der Waals surface area contributed by atoms with Gasteiger partial charge in [0.2, 0.25) is 0 Å². The number of pyridine rings is 1. The lowest BCUT2D eigenvalue weighted by molar-refractivity contribution is -0.115. The van der Waals surface area contributed by atoms with Gasteiger partial charge in [0.05, 0.1) is 12.3 Å². The summed E-state index contributed by atoms with van der Waals surface area (Å²) in [5.74, 6) is -0.229. The van der Waals surface area contributed by atoms with Crippen molar-refractivity contribution in [2.24, 2.45) is 4.99 Å². The Kier molecular flexibility index (Phi) is 4.43. The largest absolute Gasteiger partial charge is 0.294 e. The predicted molar refractivity (Wildman–Crippen MR) is 116 cm³/mol. The number of halogens is 1. The van der Waals surface area contributed by atoms with Crippen LogP contribution in [0.15, 0.2) is 65.3 Å². The number of rotatable bonds is 3. The molecule has 5 rings (SSSR count). The second kappa shape index (κ2) is 7.13. The van der Waals surface area contributed by atoms with Crippen LogP contribution in [-0.2, 0) is 17.8 Å². The number of benzene rings is 2. The number of aliphatic imine (C=N–C) groups is 1. The fourth-order valence-corrected chi connectivity index (χ4v) is 4.36. The van der Waals surface area contributed by atoms with E-state index in [1.807, 2.05) is 32.2 Å². The highest BCUT2D eigenvalue weighted by molar-refractivity contribution is 6.16. The topological polar surface area (TPSA) is 42.3 Å². The van der Waals surface area contributed by atoms with Crippen LogP contribution in [0.1, 0.15) is 51.9 Å². The van der Waals surface area contributed by atoms with E-state index in [0.717, 1.165) is 50.4 Å². The fourth-order valence-electron chi connectivity index (χ4n) is 4.36. The van der Waals surface area contributed by atoms with E-state index < -0.39 is 0 Å². The second-order valence-corrected chi connectivity index (χ2v) is 8.03. The average Bonchev–Trinajstić information content (AvgIpc) is 3.14. The molecule has 2 heterocycles. The summed E-state index contributed by atoms with van der Waals surface area (Å²) < 4.78 is 13.3. The lowest BCUT2D eigenvalue weighted by Gasteiger charge is -2.22. The predicted octanol–water partition coefficient (Wildman–Crippen LogP) is 5.19. The Balaban J connectivity index is 1.55. The van der Waals surface area contributed by atoms with Crippen molar-refractivity contribution in [2.45, 2.75) is 32.7 Å². The lowest BCUT2D eigenvalue weighted by atomic mass is 9.81. The van der Waals surface area contributed by atoms with E-state index in [1.165, 1.54) is 12.1 Å². The molecule has 3 aromatic rings. The first-order chi connectivity index (χ1) is 14.5. The molecule has 0 radical (unpaired) electrons. The summed E-state index contributed by atoms with van der Waals surface area (Å²) in [5.41, 5.74) is 9.12. The fraction of sp³-hybridized carbons (Fsp3) is 0.192. The summed E-state index contributed by atoms with van der Waals surface area (Å²) in [6, 6.07) is 14.7. The summed E-state index contributed by atoms with van der Waals surface area (Å²) in [7, 11) is 0. The van der Waals surface area contributed by atoms with Gasteiger partial charge in [-0.1, -0.05) is 25.1 Å². The standard InChI is InChI=1S/C26H21FN2O/c1-15-9-18(7-8-28-15)26-24-12-20-11-23(16(2)17-3-5-22(27)6-4-17)25(30)13-19(20)10-21(24)14-29-26/h3-12,16H,13-14H2,1-2H3. The van der Waals surface area contributed by atoms with Crippen LogP contribution in [-0.4, -0.2) is 16.5 Å². The Morgan fingerprint density at radius 2 is 1.83 bits per heavy atom. The third-order valence-electron chi connectivity index (χ3n) is 6.02. The lowest BCUT2D eigenvalue weighted by Crippen LogP contribution is -2.17. The Bertz CT molecular complexity index is 1240. The molecule has 1 unspecified atom stereocenters. The Morgan fingerprint density at radius 3 is 2.60 bits per heavy atom. The Hall–Kier alpha value is -3.40. The molecule has 1 atom stereocenters. The maximum atomic E-state index is 13.3. The second-order valence-electron chi connectivity index (χ2n) is 8.03. The van der Waals surface area contributed by atoms with Crippen molar-refractivity contribution in [2.75, 3.05) is 0 Å². The van der Waals surface area contributed by atoms with Crippen molar-refractivity contribution in [3.05, 3.63) is 105 Å². The molecule has 1 aliphatic carbocycles. The number of hydrogen-bond acceptors (Lipinski definition) is 3. The normalized spacial score (nSPS) is 15.9. The smallest absolute Gasteiger partial charge is 0.163 e. The average molecular weight is 396 g/mol. The molecule has 0 fully saturated rings. The molecule has 0 N–H and O–H groups in total. The number of aromatic nitrogens is 1. The van der Waals surface area contributed by atoms with Gasteiger partial charge in [0.15, 0.2) is 5.78 Å². The first-order valence-electron chi connectivity index (χ1n) is 10.1. The van der Waals surface area contributed by atoms with E-state index in [9.17, 15) is 9.18 Å². The van der Waals surface area contributed by atoms with Crippen molar-refractivity contribution >= 4 is 17.6 Å². The number of hydrogen-bond donors (Lipinski definition) is 0. The van der Waals surface area contributed by atoms with Crippen LogP contribution in [0.4, 0.5) is 4.39 Å². The van der Waals surface area contributed by atoms with Gasteiger partial charge in [-0.3, -0.25) is 14.8 Å². The number of carbonyl (C=O) groups excluding carboxylic acids is 1. The highest BCUT2D eigenvalue weighted by atomic mass is 19.1. The van der Waals surface area contributed by atoms with Gasteiger partial charge in [0.1, 0.15) is 5.82 Å². The molecule has 3 nitrogen and oxygen atoms in total. The number of nitrogens with zero attached hydrogens (tertiary/aromatic N) is 2. The molecule has 4 heteroatoms. The molecule has 2 aromatic carbocycles. The molecule has 0 saturated heterocycles. The molecule has 0 spiro atoms. The minimum absolute atomic E-state index is 0.0875. The Morgan fingerprint density at radius 1 is 1.03 bits per heavy atom. The van der Waals surface area contributed by atoms with E-state index in [1.54, 1.807) is 12.1 Å². The molecule has 0 bridgehead atoms. The van der Waals surface area contributed by atoms with Gasteiger partial charge in [-0.15, -0.1) is 0 Å². The zero-order chi connectivity index (χ0) is 20.8. The molecule has 30 heavy (non-hydrogen) atoms. The van der Waals surface area contributed by atoms with Crippen molar-refractivity contribution in [1.29, 1.82) is 0 Å². The Labute approximate surface area is 175 Å². The third kappa shape index (κ3) is 3.18. The highest BCUT2D eigenvalue weighted by Crippen LogP contribution is 2.35. The summed E-state index contributed by atoms with van der Waals surface area (Å²) in [5, 5.41) is 0. The van der Waals surface area contributed by atoms with Crippen molar-refractivity contribution in [3.63, 3.8) is 0 Å². The van der Waals surface area contributed by atoms with Gasteiger partial charge in [-0.2, -0.15) is 0 Å². The molecule has 2 aliphatic rings. The maximum absolute atomic E-state index is 13.3. The highest BCUT2D eigenvalue weighted by Gasteiger charge is 2.27. The minimum Gasteiger partial charge on any atom is -0.294 e. The van der Waals surface area contributed by atoms with Crippen LogP contribution in [0.3, 0.4) is 0 Å². The summed E-state index contributed by atoms with van der Waals surface area (Å²) >= 11 is 0. The van der Waals surface area contributed by atoms with Gasteiger partial charge in [-0.05, 0) is 65.6 Å². The van der Waals surface area contributed by atoms with Crippen LogP contribution in [0.25, 0.3) is 6.08 Å². The molecule has 148 valence electrons. The van der Waals surface area contributed by atoms with E-state index in [0.29, 0.717) is 13.0 Å². The van der Waals surface area contributed by atoms with Crippen molar-refractivity contribution < 1.29 is 9.18 Å². The van der Waals surface area contributed by atoms with Crippen LogP contribution in [0.5, 0.6) is 0 Å². The summed E-state index contributed by atoms with van der Waals surface area (Å²) in [6.07, 6.45) is 4.21. The van der Waals surface area contributed by atoms with Crippen LogP contribution >= 0.6 is 0 Å². The summed E-state index contributed by atoms with van der Waals surface area (Å²) in [6.45, 7) is 4.61. The number of Topliss-reactive ketones (excluding diaryl/α,β-unsaturated/α-hetero) is 1.